The maximum Gasteiger partial charge on any atom is 0.121 e. The molecule has 0 fully saturated rings. The highest BCUT2D eigenvalue weighted by Gasteiger charge is 2.13. The van der Waals surface area contributed by atoms with Crippen LogP contribution in [0.25, 0.3) is 0 Å². The van der Waals surface area contributed by atoms with Gasteiger partial charge in [0.2, 0.25) is 0 Å². The summed E-state index contributed by atoms with van der Waals surface area (Å²) in [6.45, 7) is 2.03. The molecule has 4 nitrogen and oxygen atoms in total. The lowest BCUT2D eigenvalue weighted by atomic mass is 10.0. The van der Waals surface area contributed by atoms with Crippen molar-refractivity contribution in [3.63, 3.8) is 0 Å². The lowest BCUT2D eigenvalue weighted by Gasteiger charge is -2.16. The third-order valence-corrected chi connectivity index (χ3v) is 3.69. The highest BCUT2D eigenvalue weighted by atomic mass is 32.1. The van der Waals surface area contributed by atoms with E-state index in [0.29, 0.717) is 0 Å². The number of hydrogen-bond acceptors (Lipinski definition) is 5. The van der Waals surface area contributed by atoms with E-state index in [4.69, 9.17) is 10.6 Å². The number of rotatable bonds is 5. The van der Waals surface area contributed by atoms with Crippen molar-refractivity contribution in [2.24, 2.45) is 5.84 Å². The van der Waals surface area contributed by atoms with Gasteiger partial charge < -0.3 is 4.74 Å². The Balaban J connectivity index is 2.19. The van der Waals surface area contributed by atoms with Crippen LogP contribution in [-0.2, 0) is 6.42 Å². The Morgan fingerprint density at radius 3 is 2.89 bits per heavy atom. The van der Waals surface area contributed by atoms with Crippen molar-refractivity contribution in [3.05, 3.63) is 45.9 Å². The van der Waals surface area contributed by atoms with Crippen LogP contribution in [0.3, 0.4) is 0 Å². The molecule has 96 valence electrons. The molecule has 0 radical (unpaired) electrons. The number of benzene rings is 1. The van der Waals surface area contributed by atoms with Crippen molar-refractivity contribution < 1.29 is 4.74 Å². The van der Waals surface area contributed by atoms with Crippen LogP contribution in [0.5, 0.6) is 5.75 Å². The topological polar surface area (TPSA) is 60.2 Å². The van der Waals surface area contributed by atoms with E-state index >= 15 is 0 Å². The van der Waals surface area contributed by atoms with Gasteiger partial charge in [0, 0.05) is 18.0 Å². The van der Waals surface area contributed by atoms with Gasteiger partial charge in [-0.2, -0.15) is 0 Å². The molecule has 5 heteroatoms. The molecule has 0 aliphatic rings. The zero-order valence-corrected chi connectivity index (χ0v) is 11.3. The van der Waals surface area contributed by atoms with Crippen LogP contribution >= 0.6 is 11.3 Å². The summed E-state index contributed by atoms with van der Waals surface area (Å²) in [6.07, 6.45) is 2.60. The number of nitrogens with zero attached hydrogens (tertiary/aromatic N) is 1. The molecule has 0 bridgehead atoms. The Morgan fingerprint density at radius 2 is 2.33 bits per heavy atom. The summed E-state index contributed by atoms with van der Waals surface area (Å²) in [5.74, 6) is 6.53. The standard InChI is InChI=1S/C13H17N3OS/c1-9-7-10(3-4-12(9)17-2)11(16-14)8-13-15-5-6-18-13/h3-7,11,16H,8,14H2,1-2H3. The van der Waals surface area contributed by atoms with Crippen LogP contribution in [0.15, 0.2) is 29.8 Å². The summed E-state index contributed by atoms with van der Waals surface area (Å²) in [7, 11) is 1.68. The van der Waals surface area contributed by atoms with Crippen LogP contribution < -0.4 is 16.0 Å². The van der Waals surface area contributed by atoms with Crippen molar-refractivity contribution in [3.8, 4) is 5.75 Å². The van der Waals surface area contributed by atoms with E-state index in [0.717, 1.165) is 28.3 Å². The number of methoxy groups -OCH3 is 1. The van der Waals surface area contributed by atoms with Gasteiger partial charge in [-0.05, 0) is 24.1 Å². The molecule has 2 aromatic rings. The first-order valence-corrected chi connectivity index (χ1v) is 6.61. The molecule has 0 saturated carbocycles. The molecule has 0 aliphatic carbocycles. The SMILES string of the molecule is COc1ccc(C(Cc2nccs2)NN)cc1C. The minimum Gasteiger partial charge on any atom is -0.496 e. The molecule has 1 aromatic heterocycles. The average molecular weight is 263 g/mol. The van der Waals surface area contributed by atoms with E-state index in [2.05, 4.69) is 16.5 Å². The summed E-state index contributed by atoms with van der Waals surface area (Å²) in [5, 5.41) is 3.05. The Hall–Kier alpha value is -1.43. The van der Waals surface area contributed by atoms with Gasteiger partial charge in [0.25, 0.3) is 0 Å². The molecule has 0 amide bonds. The highest BCUT2D eigenvalue weighted by molar-refractivity contribution is 7.09. The monoisotopic (exact) mass is 263 g/mol. The summed E-state index contributed by atoms with van der Waals surface area (Å²) < 4.78 is 5.26. The normalized spacial score (nSPS) is 12.4. The molecule has 0 spiro atoms. The summed E-state index contributed by atoms with van der Waals surface area (Å²) in [5.41, 5.74) is 5.10. The van der Waals surface area contributed by atoms with Crippen molar-refractivity contribution in [2.45, 2.75) is 19.4 Å². The number of thiazole rings is 1. The van der Waals surface area contributed by atoms with Gasteiger partial charge in [0.15, 0.2) is 0 Å². The van der Waals surface area contributed by atoms with E-state index < -0.39 is 0 Å². The second-order valence-corrected chi connectivity index (χ2v) is 5.06. The van der Waals surface area contributed by atoms with Crippen molar-refractivity contribution in [2.75, 3.05) is 7.11 Å². The lowest BCUT2D eigenvalue weighted by Crippen LogP contribution is -2.29. The summed E-state index contributed by atoms with van der Waals surface area (Å²) >= 11 is 1.64. The summed E-state index contributed by atoms with van der Waals surface area (Å²) in [6, 6.07) is 6.17. The van der Waals surface area contributed by atoms with Crippen LogP contribution in [0.4, 0.5) is 0 Å². The number of hydrazine groups is 1. The van der Waals surface area contributed by atoms with E-state index in [1.54, 1.807) is 18.4 Å². The Bertz CT molecular complexity index is 499. The van der Waals surface area contributed by atoms with Crippen LogP contribution in [0.2, 0.25) is 0 Å². The fourth-order valence-electron chi connectivity index (χ4n) is 1.92. The van der Waals surface area contributed by atoms with E-state index in [9.17, 15) is 0 Å². The molecule has 0 saturated heterocycles. The Morgan fingerprint density at radius 1 is 1.50 bits per heavy atom. The lowest BCUT2D eigenvalue weighted by molar-refractivity contribution is 0.411. The second-order valence-electron chi connectivity index (χ2n) is 4.08. The molecule has 1 heterocycles. The second kappa shape index (κ2) is 5.95. The van der Waals surface area contributed by atoms with Gasteiger partial charge in [-0.3, -0.25) is 11.3 Å². The molecular formula is C13H17N3OS. The van der Waals surface area contributed by atoms with E-state index in [-0.39, 0.29) is 6.04 Å². The number of hydrogen-bond donors (Lipinski definition) is 2. The predicted molar refractivity (Wildman–Crippen MR) is 73.6 cm³/mol. The average Bonchev–Trinajstić information content (AvgIpc) is 2.88. The largest absolute Gasteiger partial charge is 0.496 e. The minimum atomic E-state index is 0.0701. The van der Waals surface area contributed by atoms with Gasteiger partial charge >= 0.3 is 0 Å². The van der Waals surface area contributed by atoms with E-state index in [1.807, 2.05) is 30.6 Å². The summed E-state index contributed by atoms with van der Waals surface area (Å²) in [4.78, 5) is 4.28. The third kappa shape index (κ3) is 2.87. The maximum atomic E-state index is 5.64. The molecule has 1 unspecified atom stereocenters. The number of aryl methyl sites for hydroxylation is 1. The first-order valence-electron chi connectivity index (χ1n) is 5.73. The molecule has 0 aliphatic heterocycles. The van der Waals surface area contributed by atoms with Gasteiger partial charge in [-0.1, -0.05) is 12.1 Å². The fourth-order valence-corrected chi connectivity index (χ4v) is 2.58. The molecular weight excluding hydrogens is 246 g/mol. The first kappa shape index (κ1) is 13.0. The minimum absolute atomic E-state index is 0.0701. The van der Waals surface area contributed by atoms with Gasteiger partial charge in [0.05, 0.1) is 18.2 Å². The fraction of sp³-hybridized carbons (Fsp3) is 0.308. The highest BCUT2D eigenvalue weighted by Crippen LogP contribution is 2.24. The van der Waals surface area contributed by atoms with Crippen LogP contribution in [0, 0.1) is 6.92 Å². The smallest absolute Gasteiger partial charge is 0.121 e. The zero-order chi connectivity index (χ0) is 13.0. The molecule has 2 rings (SSSR count). The maximum absolute atomic E-state index is 5.64. The number of nitrogens with two attached hydrogens (primary N) is 1. The molecule has 1 atom stereocenters. The first-order chi connectivity index (χ1) is 8.74. The molecule has 1 aromatic carbocycles. The van der Waals surface area contributed by atoms with Crippen molar-refractivity contribution in [1.82, 2.24) is 10.4 Å². The number of ether oxygens (including phenoxy) is 1. The van der Waals surface area contributed by atoms with E-state index in [1.165, 1.54) is 0 Å². The van der Waals surface area contributed by atoms with Gasteiger partial charge in [-0.15, -0.1) is 11.3 Å². The van der Waals surface area contributed by atoms with Gasteiger partial charge in [0.1, 0.15) is 5.75 Å². The van der Waals surface area contributed by atoms with Crippen LogP contribution in [-0.4, -0.2) is 12.1 Å². The molecule has 3 N–H and O–H groups in total. The van der Waals surface area contributed by atoms with Crippen molar-refractivity contribution >= 4 is 11.3 Å². The van der Waals surface area contributed by atoms with Crippen LogP contribution in [0.1, 0.15) is 22.2 Å². The Labute approximate surface area is 111 Å². The Kier molecular flexibility index (Phi) is 4.30. The quantitative estimate of drug-likeness (QED) is 0.641. The van der Waals surface area contributed by atoms with Gasteiger partial charge in [-0.25, -0.2) is 4.98 Å². The predicted octanol–water partition coefficient (Wildman–Crippen LogP) is 2.21. The zero-order valence-electron chi connectivity index (χ0n) is 10.5. The van der Waals surface area contributed by atoms with Crippen molar-refractivity contribution in [1.29, 1.82) is 0 Å². The number of aromatic nitrogens is 1. The number of nitrogens with one attached hydrogen (secondary N) is 1. The molecule has 18 heavy (non-hydrogen) atoms. The third-order valence-electron chi connectivity index (χ3n) is 2.88.